The zero-order valence-electron chi connectivity index (χ0n) is 27.2. The Bertz CT molecular complexity index is 1810. The predicted molar refractivity (Wildman–Crippen MR) is 182 cm³/mol. The second kappa shape index (κ2) is 14.3. The van der Waals surface area contributed by atoms with Gasteiger partial charge in [-0.2, -0.15) is 0 Å². The lowest BCUT2D eigenvalue weighted by Crippen LogP contribution is -2.56. The van der Waals surface area contributed by atoms with Crippen molar-refractivity contribution >= 4 is 27.5 Å². The summed E-state index contributed by atoms with van der Waals surface area (Å²) in [6.07, 6.45) is 0.232. The molecule has 1 heterocycles. The van der Waals surface area contributed by atoms with Crippen LogP contribution in [-0.2, 0) is 32.6 Å². The van der Waals surface area contributed by atoms with Crippen LogP contribution in [0.15, 0.2) is 108 Å². The lowest BCUT2D eigenvalue weighted by molar-refractivity contribution is -0.140. The molecule has 0 unspecified atom stereocenters. The summed E-state index contributed by atoms with van der Waals surface area (Å²) in [7, 11) is -4.23. The second-order valence-electron chi connectivity index (χ2n) is 12.5. The lowest BCUT2D eigenvalue weighted by atomic mass is 10.00. The fourth-order valence-corrected chi connectivity index (χ4v) is 6.84. The molecule has 1 atom stereocenters. The molecule has 246 valence electrons. The largest absolute Gasteiger partial charge is 0.486 e. The van der Waals surface area contributed by atoms with Gasteiger partial charge in [0.2, 0.25) is 11.8 Å². The number of hydrogen-bond donors (Lipinski definition) is 1. The summed E-state index contributed by atoms with van der Waals surface area (Å²) in [5.74, 6) is 0.0109. The van der Waals surface area contributed by atoms with E-state index >= 15 is 0 Å². The predicted octanol–water partition coefficient (Wildman–Crippen LogP) is 5.52. The van der Waals surface area contributed by atoms with Crippen LogP contribution in [0, 0.1) is 6.92 Å². The lowest BCUT2D eigenvalue weighted by Gasteiger charge is -2.35. The molecule has 0 fully saturated rings. The van der Waals surface area contributed by atoms with Gasteiger partial charge in [-0.25, -0.2) is 8.42 Å². The minimum absolute atomic E-state index is 0.0273. The normalized spacial score (nSPS) is 13.4. The molecule has 4 aromatic carbocycles. The van der Waals surface area contributed by atoms with Gasteiger partial charge in [0.25, 0.3) is 10.0 Å². The minimum Gasteiger partial charge on any atom is -0.486 e. The first-order valence-electron chi connectivity index (χ1n) is 15.6. The monoisotopic (exact) mass is 655 g/mol. The van der Waals surface area contributed by atoms with Gasteiger partial charge < -0.3 is 19.7 Å². The van der Waals surface area contributed by atoms with E-state index in [1.807, 2.05) is 82.3 Å². The molecule has 0 spiro atoms. The number of ether oxygens (including phenoxy) is 2. The van der Waals surface area contributed by atoms with Crippen molar-refractivity contribution in [3.8, 4) is 11.5 Å². The number of fused-ring (bicyclic) bond motifs is 1. The number of benzene rings is 4. The molecule has 0 radical (unpaired) electrons. The maximum absolute atomic E-state index is 14.7. The molecule has 10 heteroatoms. The summed E-state index contributed by atoms with van der Waals surface area (Å²) >= 11 is 0. The van der Waals surface area contributed by atoms with E-state index in [2.05, 4.69) is 5.32 Å². The molecule has 0 bridgehead atoms. The van der Waals surface area contributed by atoms with Crippen LogP contribution in [0.5, 0.6) is 11.5 Å². The second-order valence-corrected chi connectivity index (χ2v) is 14.4. The Morgan fingerprint density at radius 2 is 1.45 bits per heavy atom. The number of anilines is 1. The Labute approximate surface area is 277 Å². The quantitative estimate of drug-likeness (QED) is 0.228. The topological polar surface area (TPSA) is 105 Å². The number of nitrogens with one attached hydrogen (secondary N) is 1. The molecule has 0 saturated heterocycles. The van der Waals surface area contributed by atoms with E-state index in [4.69, 9.17) is 9.47 Å². The van der Waals surface area contributed by atoms with Crippen LogP contribution in [0.4, 0.5) is 5.69 Å². The van der Waals surface area contributed by atoms with E-state index in [0.717, 1.165) is 21.0 Å². The van der Waals surface area contributed by atoms with Crippen molar-refractivity contribution in [1.82, 2.24) is 10.2 Å². The number of hydrogen-bond acceptors (Lipinski definition) is 6. The van der Waals surface area contributed by atoms with Crippen molar-refractivity contribution < 1.29 is 27.5 Å². The summed E-state index contributed by atoms with van der Waals surface area (Å²) in [4.78, 5) is 30.3. The summed E-state index contributed by atoms with van der Waals surface area (Å²) in [5, 5.41) is 3.06. The van der Waals surface area contributed by atoms with Crippen molar-refractivity contribution in [3.05, 3.63) is 120 Å². The number of aryl methyl sites for hydroxylation is 1. The molecule has 47 heavy (non-hydrogen) atoms. The van der Waals surface area contributed by atoms with Crippen LogP contribution < -0.4 is 19.1 Å². The zero-order valence-corrected chi connectivity index (χ0v) is 28.0. The summed E-state index contributed by atoms with van der Waals surface area (Å²) in [6, 6.07) is 29.0. The molecule has 4 aromatic rings. The number of amides is 2. The van der Waals surface area contributed by atoms with Crippen LogP contribution >= 0.6 is 0 Å². The van der Waals surface area contributed by atoms with E-state index in [-0.39, 0.29) is 29.5 Å². The number of nitrogens with zero attached hydrogens (tertiary/aromatic N) is 2. The standard InChI is InChI=1S/C37H41N3O6S/c1-27-13-11-12-16-29(27)25-39(32(36(42)38-37(2,3)4)23-28-14-7-5-8-15-28)35(41)26-40(47(43,44)31-17-9-6-10-18-31)30-19-20-33-34(24-30)46-22-21-45-33/h5-20,24,32H,21-23,25-26H2,1-4H3,(H,38,42)/t32-/m1/s1. The Morgan fingerprint density at radius 3 is 2.11 bits per heavy atom. The zero-order chi connectivity index (χ0) is 33.6. The van der Waals surface area contributed by atoms with Crippen LogP contribution in [0.25, 0.3) is 0 Å². The molecular weight excluding hydrogens is 614 g/mol. The highest BCUT2D eigenvalue weighted by atomic mass is 32.2. The van der Waals surface area contributed by atoms with Crippen molar-refractivity contribution in [3.63, 3.8) is 0 Å². The van der Waals surface area contributed by atoms with Crippen LogP contribution in [-0.4, -0.2) is 56.5 Å². The molecular formula is C37H41N3O6S. The van der Waals surface area contributed by atoms with Gasteiger partial charge >= 0.3 is 0 Å². The van der Waals surface area contributed by atoms with Gasteiger partial charge in [-0.05, 0) is 68.7 Å². The van der Waals surface area contributed by atoms with Crippen LogP contribution in [0.2, 0.25) is 0 Å². The first-order valence-corrected chi connectivity index (χ1v) is 17.0. The van der Waals surface area contributed by atoms with Crippen molar-refractivity contribution in [2.24, 2.45) is 0 Å². The van der Waals surface area contributed by atoms with E-state index in [1.165, 1.54) is 17.0 Å². The third kappa shape index (κ3) is 8.31. The Balaban J connectivity index is 1.60. The number of carbonyl (C=O) groups excluding carboxylic acids is 2. The smallest absolute Gasteiger partial charge is 0.264 e. The molecule has 0 aliphatic carbocycles. The molecule has 1 N–H and O–H groups in total. The highest BCUT2D eigenvalue weighted by Crippen LogP contribution is 2.36. The van der Waals surface area contributed by atoms with E-state index in [9.17, 15) is 18.0 Å². The first-order chi connectivity index (χ1) is 22.4. The summed E-state index contributed by atoms with van der Waals surface area (Å²) < 4.78 is 41.0. The molecule has 5 rings (SSSR count). The van der Waals surface area contributed by atoms with E-state index in [0.29, 0.717) is 24.7 Å². The van der Waals surface area contributed by atoms with Gasteiger partial charge in [0, 0.05) is 24.6 Å². The van der Waals surface area contributed by atoms with Gasteiger partial charge in [-0.1, -0.05) is 72.8 Å². The highest BCUT2D eigenvalue weighted by molar-refractivity contribution is 7.92. The summed E-state index contributed by atoms with van der Waals surface area (Å²) in [5.41, 5.74) is 2.32. The van der Waals surface area contributed by atoms with Gasteiger partial charge in [0.1, 0.15) is 25.8 Å². The van der Waals surface area contributed by atoms with Crippen LogP contribution in [0.1, 0.15) is 37.5 Å². The van der Waals surface area contributed by atoms with Gasteiger partial charge in [0.05, 0.1) is 10.6 Å². The molecule has 0 aromatic heterocycles. The molecule has 9 nitrogen and oxygen atoms in total. The molecule has 1 aliphatic rings. The average Bonchev–Trinajstić information content (AvgIpc) is 3.05. The molecule has 0 saturated carbocycles. The Kier molecular flexibility index (Phi) is 10.2. The Hall–Kier alpha value is -4.83. The summed E-state index contributed by atoms with van der Waals surface area (Å²) in [6.45, 7) is 7.83. The first kappa shape index (κ1) is 33.5. The minimum atomic E-state index is -4.23. The van der Waals surface area contributed by atoms with Crippen molar-refractivity contribution in [2.45, 2.75) is 57.1 Å². The van der Waals surface area contributed by atoms with Gasteiger partial charge in [-0.3, -0.25) is 13.9 Å². The van der Waals surface area contributed by atoms with E-state index in [1.54, 1.807) is 36.4 Å². The Morgan fingerprint density at radius 1 is 0.830 bits per heavy atom. The number of sulfonamides is 1. The third-order valence-electron chi connectivity index (χ3n) is 7.80. The van der Waals surface area contributed by atoms with Gasteiger partial charge in [-0.15, -0.1) is 0 Å². The third-order valence-corrected chi connectivity index (χ3v) is 9.58. The number of rotatable bonds is 11. The van der Waals surface area contributed by atoms with Crippen LogP contribution in [0.3, 0.4) is 0 Å². The van der Waals surface area contributed by atoms with Crippen molar-refractivity contribution in [1.29, 1.82) is 0 Å². The fourth-order valence-electron chi connectivity index (χ4n) is 5.41. The fraction of sp³-hybridized carbons (Fsp3) is 0.297. The molecule has 1 aliphatic heterocycles. The van der Waals surface area contributed by atoms with E-state index < -0.39 is 34.1 Å². The average molecular weight is 656 g/mol. The number of carbonyl (C=O) groups is 2. The molecule has 2 amide bonds. The SMILES string of the molecule is Cc1ccccc1CN(C(=O)CN(c1ccc2c(c1)OCCO2)S(=O)(=O)c1ccccc1)[C@H](Cc1ccccc1)C(=O)NC(C)(C)C. The van der Waals surface area contributed by atoms with Crippen molar-refractivity contribution in [2.75, 3.05) is 24.1 Å². The van der Waals surface area contributed by atoms with Gasteiger partial charge in [0.15, 0.2) is 11.5 Å². The maximum atomic E-state index is 14.7. The maximum Gasteiger partial charge on any atom is 0.264 e. The highest BCUT2D eigenvalue weighted by Gasteiger charge is 2.36.